The smallest absolute Gasteiger partial charge is 0.253 e. The number of halogens is 1. The SMILES string of the molecule is CC1CCCCN1C(=O)C1CCCN(C(=O)c2ccc(F)cc2)C1. The molecule has 2 fully saturated rings. The fourth-order valence-electron chi connectivity index (χ4n) is 3.80. The molecule has 0 spiro atoms. The number of carbonyl (C=O) groups excluding carboxylic acids is 2. The van der Waals surface area contributed by atoms with E-state index in [1.807, 2.05) is 4.90 Å². The highest BCUT2D eigenvalue weighted by molar-refractivity contribution is 5.94. The normalized spacial score (nSPS) is 24.8. The first-order valence-corrected chi connectivity index (χ1v) is 8.91. The number of rotatable bonds is 2. The van der Waals surface area contributed by atoms with Crippen molar-refractivity contribution in [2.75, 3.05) is 19.6 Å². The molecule has 2 heterocycles. The maximum absolute atomic E-state index is 13.0. The molecule has 2 saturated heterocycles. The summed E-state index contributed by atoms with van der Waals surface area (Å²) in [6, 6.07) is 5.92. The number of hydrogen-bond acceptors (Lipinski definition) is 2. The second kappa shape index (κ2) is 7.32. The van der Waals surface area contributed by atoms with Crippen LogP contribution in [0.15, 0.2) is 24.3 Å². The molecule has 0 N–H and O–H groups in total. The van der Waals surface area contributed by atoms with Crippen molar-refractivity contribution in [3.8, 4) is 0 Å². The van der Waals surface area contributed by atoms with Gasteiger partial charge in [-0.05, 0) is 63.3 Å². The summed E-state index contributed by atoms with van der Waals surface area (Å²) in [4.78, 5) is 29.2. The predicted octanol–water partition coefficient (Wildman–Crippen LogP) is 3.08. The number of benzene rings is 1. The van der Waals surface area contributed by atoms with E-state index in [-0.39, 0.29) is 23.5 Å². The van der Waals surface area contributed by atoms with Crippen LogP contribution in [-0.4, -0.2) is 47.3 Å². The van der Waals surface area contributed by atoms with Gasteiger partial charge in [-0.3, -0.25) is 9.59 Å². The molecule has 2 atom stereocenters. The lowest BCUT2D eigenvalue weighted by Gasteiger charge is -2.39. The van der Waals surface area contributed by atoms with E-state index in [0.717, 1.165) is 32.2 Å². The minimum absolute atomic E-state index is 0.108. The van der Waals surface area contributed by atoms with Crippen LogP contribution in [0.1, 0.15) is 49.4 Å². The first kappa shape index (κ1) is 16.9. The number of carbonyl (C=O) groups is 2. The second-order valence-corrected chi connectivity index (χ2v) is 6.97. The van der Waals surface area contributed by atoms with Gasteiger partial charge in [0.15, 0.2) is 0 Å². The molecule has 2 amide bonds. The topological polar surface area (TPSA) is 40.6 Å². The molecule has 5 heteroatoms. The van der Waals surface area contributed by atoms with Gasteiger partial charge in [0.05, 0.1) is 5.92 Å². The molecule has 1 aromatic rings. The van der Waals surface area contributed by atoms with Crippen LogP contribution in [0.4, 0.5) is 4.39 Å². The van der Waals surface area contributed by atoms with Gasteiger partial charge in [0, 0.05) is 31.2 Å². The molecule has 0 aromatic heterocycles. The quantitative estimate of drug-likeness (QED) is 0.835. The maximum Gasteiger partial charge on any atom is 0.253 e. The highest BCUT2D eigenvalue weighted by atomic mass is 19.1. The summed E-state index contributed by atoms with van der Waals surface area (Å²) in [6.07, 6.45) is 5.00. The molecule has 24 heavy (non-hydrogen) atoms. The third-order valence-electron chi connectivity index (χ3n) is 5.24. The first-order valence-electron chi connectivity index (χ1n) is 8.91. The minimum Gasteiger partial charge on any atom is -0.340 e. The van der Waals surface area contributed by atoms with Crippen molar-refractivity contribution in [3.63, 3.8) is 0 Å². The van der Waals surface area contributed by atoms with Crippen molar-refractivity contribution < 1.29 is 14.0 Å². The monoisotopic (exact) mass is 332 g/mol. The first-order chi connectivity index (χ1) is 11.6. The number of piperidine rings is 2. The fourth-order valence-corrected chi connectivity index (χ4v) is 3.80. The van der Waals surface area contributed by atoms with Gasteiger partial charge >= 0.3 is 0 Å². The summed E-state index contributed by atoms with van der Waals surface area (Å²) in [5.74, 6) is -0.376. The van der Waals surface area contributed by atoms with Crippen molar-refractivity contribution in [3.05, 3.63) is 35.6 Å². The van der Waals surface area contributed by atoms with E-state index in [1.165, 1.54) is 30.7 Å². The van der Waals surface area contributed by atoms with Crippen LogP contribution in [0.2, 0.25) is 0 Å². The highest BCUT2D eigenvalue weighted by Crippen LogP contribution is 2.25. The number of likely N-dealkylation sites (tertiary alicyclic amines) is 2. The molecular weight excluding hydrogens is 307 g/mol. The molecule has 2 aliphatic rings. The molecule has 0 saturated carbocycles. The van der Waals surface area contributed by atoms with Crippen LogP contribution in [0.5, 0.6) is 0 Å². The molecular formula is C19H25FN2O2. The lowest BCUT2D eigenvalue weighted by atomic mass is 9.93. The number of amides is 2. The lowest BCUT2D eigenvalue weighted by molar-refractivity contribution is -0.140. The summed E-state index contributed by atoms with van der Waals surface area (Å²) >= 11 is 0. The molecule has 0 aliphatic carbocycles. The Labute approximate surface area is 142 Å². The Kier molecular flexibility index (Phi) is 5.17. The Morgan fingerprint density at radius 1 is 1.04 bits per heavy atom. The molecule has 2 aliphatic heterocycles. The number of nitrogens with zero attached hydrogens (tertiary/aromatic N) is 2. The second-order valence-electron chi connectivity index (χ2n) is 6.97. The van der Waals surface area contributed by atoms with Gasteiger partial charge in [0.1, 0.15) is 5.82 Å². The summed E-state index contributed by atoms with van der Waals surface area (Å²) in [5.41, 5.74) is 0.482. The van der Waals surface area contributed by atoms with Crippen LogP contribution in [0, 0.1) is 11.7 Å². The van der Waals surface area contributed by atoms with E-state index >= 15 is 0 Å². The lowest BCUT2D eigenvalue weighted by Crippen LogP contribution is -2.50. The van der Waals surface area contributed by atoms with Gasteiger partial charge in [-0.15, -0.1) is 0 Å². The Hall–Kier alpha value is -1.91. The average molecular weight is 332 g/mol. The van der Waals surface area contributed by atoms with Crippen molar-refractivity contribution >= 4 is 11.8 Å². The average Bonchev–Trinajstić information content (AvgIpc) is 2.62. The van der Waals surface area contributed by atoms with Crippen LogP contribution >= 0.6 is 0 Å². The van der Waals surface area contributed by atoms with Crippen LogP contribution in [0.25, 0.3) is 0 Å². The van der Waals surface area contributed by atoms with E-state index in [9.17, 15) is 14.0 Å². The Morgan fingerprint density at radius 3 is 2.50 bits per heavy atom. The Bertz CT molecular complexity index is 602. The Balaban J connectivity index is 1.66. The fraction of sp³-hybridized carbons (Fsp3) is 0.579. The van der Waals surface area contributed by atoms with Crippen LogP contribution in [-0.2, 0) is 4.79 Å². The summed E-state index contributed by atoms with van der Waals surface area (Å²) in [5, 5.41) is 0. The zero-order valence-corrected chi connectivity index (χ0v) is 14.2. The van der Waals surface area contributed by atoms with Gasteiger partial charge in [-0.2, -0.15) is 0 Å². The van der Waals surface area contributed by atoms with E-state index in [4.69, 9.17) is 0 Å². The maximum atomic E-state index is 13.0. The summed E-state index contributed by atoms with van der Waals surface area (Å²) < 4.78 is 13.0. The zero-order valence-electron chi connectivity index (χ0n) is 14.2. The molecule has 0 bridgehead atoms. The van der Waals surface area contributed by atoms with Crippen molar-refractivity contribution in [1.82, 2.24) is 9.80 Å². The largest absolute Gasteiger partial charge is 0.340 e. The summed E-state index contributed by atoms with van der Waals surface area (Å²) in [7, 11) is 0. The van der Waals surface area contributed by atoms with E-state index in [2.05, 4.69) is 6.92 Å². The van der Waals surface area contributed by atoms with Crippen LogP contribution < -0.4 is 0 Å². The van der Waals surface area contributed by atoms with Crippen molar-refractivity contribution in [2.45, 2.75) is 45.1 Å². The summed E-state index contributed by atoms with van der Waals surface area (Å²) in [6.45, 7) is 4.08. The molecule has 1 aromatic carbocycles. The molecule has 0 radical (unpaired) electrons. The minimum atomic E-state index is -0.350. The Morgan fingerprint density at radius 2 is 1.79 bits per heavy atom. The van der Waals surface area contributed by atoms with E-state index in [1.54, 1.807) is 4.90 Å². The third-order valence-corrected chi connectivity index (χ3v) is 5.24. The van der Waals surface area contributed by atoms with Gasteiger partial charge in [-0.25, -0.2) is 4.39 Å². The molecule has 4 nitrogen and oxygen atoms in total. The van der Waals surface area contributed by atoms with E-state index in [0.29, 0.717) is 24.7 Å². The standard InChI is InChI=1S/C19H25FN2O2/c1-14-5-2-3-12-22(14)19(24)16-6-4-11-21(13-16)18(23)15-7-9-17(20)10-8-15/h7-10,14,16H,2-6,11-13H2,1H3. The van der Waals surface area contributed by atoms with E-state index < -0.39 is 0 Å². The molecule has 3 rings (SSSR count). The van der Waals surface area contributed by atoms with Crippen molar-refractivity contribution in [1.29, 1.82) is 0 Å². The van der Waals surface area contributed by atoms with Crippen molar-refractivity contribution in [2.24, 2.45) is 5.92 Å². The van der Waals surface area contributed by atoms with Gasteiger partial charge in [-0.1, -0.05) is 0 Å². The van der Waals surface area contributed by atoms with Crippen LogP contribution in [0.3, 0.4) is 0 Å². The zero-order chi connectivity index (χ0) is 17.1. The number of hydrogen-bond donors (Lipinski definition) is 0. The van der Waals surface area contributed by atoms with Gasteiger partial charge in [0.2, 0.25) is 5.91 Å². The molecule has 130 valence electrons. The van der Waals surface area contributed by atoms with Gasteiger partial charge < -0.3 is 9.80 Å². The molecule has 2 unspecified atom stereocenters. The van der Waals surface area contributed by atoms with Gasteiger partial charge in [0.25, 0.3) is 5.91 Å². The third kappa shape index (κ3) is 3.60. The predicted molar refractivity (Wildman–Crippen MR) is 90.1 cm³/mol. The highest BCUT2D eigenvalue weighted by Gasteiger charge is 2.33.